The number of carbonyl (C=O) groups is 1. The molecular formula is C11H11BrFNO2. The fraction of sp³-hybridized carbons (Fsp3) is 0.364. The SMILES string of the molecule is CC1(c2cccc(Br)c2)NC(=O)COC1F. The minimum absolute atomic E-state index is 0.231. The third-order valence-electron chi connectivity index (χ3n) is 2.64. The Hall–Kier alpha value is -0.940. The van der Waals surface area contributed by atoms with Crippen LogP contribution in [0.3, 0.4) is 0 Å². The van der Waals surface area contributed by atoms with Gasteiger partial charge in [0.05, 0.1) is 0 Å². The average molecular weight is 288 g/mol. The Morgan fingerprint density at radius 3 is 3.06 bits per heavy atom. The van der Waals surface area contributed by atoms with Crippen LogP contribution in [0.2, 0.25) is 0 Å². The first-order valence-electron chi connectivity index (χ1n) is 4.85. The summed E-state index contributed by atoms with van der Waals surface area (Å²) in [4.78, 5) is 11.3. The van der Waals surface area contributed by atoms with Gasteiger partial charge in [-0.25, -0.2) is 4.39 Å². The van der Waals surface area contributed by atoms with Crippen molar-refractivity contribution in [1.82, 2.24) is 5.32 Å². The highest BCUT2D eigenvalue weighted by Crippen LogP contribution is 2.31. The molecule has 1 aliphatic heterocycles. The molecule has 1 amide bonds. The van der Waals surface area contributed by atoms with Crippen molar-refractivity contribution in [2.75, 3.05) is 6.61 Å². The van der Waals surface area contributed by atoms with Crippen molar-refractivity contribution in [2.45, 2.75) is 18.8 Å². The van der Waals surface area contributed by atoms with Gasteiger partial charge in [0.25, 0.3) is 0 Å². The summed E-state index contributed by atoms with van der Waals surface area (Å²) < 4.78 is 19.4. The first-order valence-corrected chi connectivity index (χ1v) is 5.64. The molecule has 0 bridgehead atoms. The molecule has 1 aromatic carbocycles. The lowest BCUT2D eigenvalue weighted by molar-refractivity contribution is -0.162. The lowest BCUT2D eigenvalue weighted by atomic mass is 9.91. The highest BCUT2D eigenvalue weighted by atomic mass is 79.9. The van der Waals surface area contributed by atoms with Crippen LogP contribution in [-0.4, -0.2) is 18.9 Å². The van der Waals surface area contributed by atoms with Crippen molar-refractivity contribution < 1.29 is 13.9 Å². The number of carbonyl (C=O) groups excluding carboxylic acids is 1. The third kappa shape index (κ3) is 1.97. The minimum Gasteiger partial charge on any atom is -0.340 e. The van der Waals surface area contributed by atoms with Crippen LogP contribution in [0.1, 0.15) is 12.5 Å². The highest BCUT2D eigenvalue weighted by Gasteiger charge is 2.42. The van der Waals surface area contributed by atoms with Crippen LogP contribution >= 0.6 is 15.9 Å². The molecule has 1 heterocycles. The van der Waals surface area contributed by atoms with E-state index in [4.69, 9.17) is 4.74 Å². The molecule has 1 aliphatic rings. The van der Waals surface area contributed by atoms with E-state index in [1.165, 1.54) is 0 Å². The predicted octanol–water partition coefficient (Wildman–Crippen LogP) is 2.11. The molecule has 2 rings (SSSR count). The summed E-state index contributed by atoms with van der Waals surface area (Å²) in [7, 11) is 0. The molecule has 1 fully saturated rings. The molecular weight excluding hydrogens is 277 g/mol. The minimum atomic E-state index is -1.54. The zero-order valence-corrected chi connectivity index (χ0v) is 10.3. The van der Waals surface area contributed by atoms with E-state index in [-0.39, 0.29) is 12.5 Å². The van der Waals surface area contributed by atoms with Gasteiger partial charge < -0.3 is 10.1 Å². The molecule has 5 heteroatoms. The second-order valence-corrected chi connectivity index (χ2v) is 4.80. The maximum atomic E-state index is 13.8. The smallest absolute Gasteiger partial charge is 0.247 e. The predicted molar refractivity (Wildman–Crippen MR) is 60.5 cm³/mol. The summed E-state index contributed by atoms with van der Waals surface area (Å²) in [5.41, 5.74) is -0.457. The molecule has 0 saturated carbocycles. The molecule has 0 aromatic heterocycles. The number of halogens is 2. The number of benzene rings is 1. The summed E-state index contributed by atoms with van der Waals surface area (Å²) in [5.74, 6) is -0.309. The summed E-state index contributed by atoms with van der Waals surface area (Å²) in [5, 5.41) is 2.63. The van der Waals surface area contributed by atoms with E-state index in [0.717, 1.165) is 4.47 Å². The van der Waals surface area contributed by atoms with E-state index >= 15 is 0 Å². The molecule has 16 heavy (non-hydrogen) atoms. The summed E-state index contributed by atoms with van der Waals surface area (Å²) >= 11 is 3.31. The van der Waals surface area contributed by atoms with Crippen molar-refractivity contribution in [3.63, 3.8) is 0 Å². The topological polar surface area (TPSA) is 38.3 Å². The number of alkyl halides is 1. The van der Waals surface area contributed by atoms with Gasteiger partial charge in [0, 0.05) is 4.47 Å². The fourth-order valence-corrected chi connectivity index (χ4v) is 2.11. The number of hydrogen-bond donors (Lipinski definition) is 1. The summed E-state index contributed by atoms with van der Waals surface area (Å²) in [6, 6.07) is 7.15. The van der Waals surface area contributed by atoms with Crippen LogP contribution in [-0.2, 0) is 15.1 Å². The van der Waals surface area contributed by atoms with Gasteiger partial charge in [-0.15, -0.1) is 0 Å². The molecule has 0 radical (unpaired) electrons. The molecule has 1 N–H and O–H groups in total. The van der Waals surface area contributed by atoms with E-state index in [9.17, 15) is 9.18 Å². The number of morpholine rings is 1. The molecule has 86 valence electrons. The maximum absolute atomic E-state index is 13.8. The van der Waals surface area contributed by atoms with Crippen molar-refractivity contribution >= 4 is 21.8 Å². The van der Waals surface area contributed by atoms with E-state index in [2.05, 4.69) is 21.2 Å². The quantitative estimate of drug-likeness (QED) is 0.859. The van der Waals surface area contributed by atoms with Gasteiger partial charge in [-0.2, -0.15) is 0 Å². The van der Waals surface area contributed by atoms with Gasteiger partial charge in [-0.05, 0) is 24.6 Å². The number of ether oxygens (including phenoxy) is 1. The van der Waals surface area contributed by atoms with Gasteiger partial charge in [0.2, 0.25) is 12.3 Å². The monoisotopic (exact) mass is 287 g/mol. The van der Waals surface area contributed by atoms with Gasteiger partial charge in [-0.3, -0.25) is 4.79 Å². The van der Waals surface area contributed by atoms with E-state index in [0.29, 0.717) is 5.56 Å². The van der Waals surface area contributed by atoms with Gasteiger partial charge >= 0.3 is 0 Å². The van der Waals surface area contributed by atoms with E-state index in [1.807, 2.05) is 6.07 Å². The zero-order valence-electron chi connectivity index (χ0n) is 8.67. The Labute approximate surface area is 101 Å². The molecule has 0 spiro atoms. The summed E-state index contributed by atoms with van der Waals surface area (Å²) in [6.07, 6.45) is -1.54. The molecule has 1 aromatic rings. The second-order valence-electron chi connectivity index (χ2n) is 3.89. The third-order valence-corrected chi connectivity index (χ3v) is 3.13. The normalized spacial score (nSPS) is 29.9. The van der Waals surface area contributed by atoms with Crippen LogP contribution < -0.4 is 5.32 Å². The van der Waals surface area contributed by atoms with Crippen molar-refractivity contribution in [1.29, 1.82) is 0 Å². The first kappa shape index (κ1) is 11.5. The van der Waals surface area contributed by atoms with Crippen LogP contribution in [0, 0.1) is 0 Å². The van der Waals surface area contributed by atoms with Crippen molar-refractivity contribution in [3.8, 4) is 0 Å². The van der Waals surface area contributed by atoms with E-state index in [1.54, 1.807) is 25.1 Å². The Balaban J connectivity index is 2.39. The van der Waals surface area contributed by atoms with Gasteiger partial charge in [-0.1, -0.05) is 28.1 Å². The number of hydrogen-bond acceptors (Lipinski definition) is 2. The second kappa shape index (κ2) is 4.14. The molecule has 2 unspecified atom stereocenters. The standard InChI is InChI=1S/C11H11BrFNO2/c1-11(7-3-2-4-8(12)5-7)10(13)16-6-9(15)14-11/h2-5,10H,6H2,1H3,(H,14,15). The highest BCUT2D eigenvalue weighted by molar-refractivity contribution is 9.10. The van der Waals surface area contributed by atoms with Crippen LogP contribution in [0.5, 0.6) is 0 Å². The lowest BCUT2D eigenvalue weighted by Gasteiger charge is -2.37. The fourth-order valence-electron chi connectivity index (χ4n) is 1.71. The average Bonchev–Trinajstić information content (AvgIpc) is 2.24. The van der Waals surface area contributed by atoms with E-state index < -0.39 is 11.9 Å². The molecule has 2 atom stereocenters. The summed E-state index contributed by atoms with van der Waals surface area (Å²) in [6.45, 7) is 1.38. The van der Waals surface area contributed by atoms with Gasteiger partial charge in [0.1, 0.15) is 12.1 Å². The van der Waals surface area contributed by atoms with Crippen molar-refractivity contribution in [3.05, 3.63) is 34.3 Å². The molecule has 3 nitrogen and oxygen atoms in total. The number of rotatable bonds is 1. The Kier molecular flexibility index (Phi) is 2.99. The number of amides is 1. The first-order chi connectivity index (χ1) is 7.52. The van der Waals surface area contributed by atoms with Crippen LogP contribution in [0.25, 0.3) is 0 Å². The van der Waals surface area contributed by atoms with Crippen LogP contribution in [0.4, 0.5) is 4.39 Å². The Bertz CT molecular complexity index is 426. The number of nitrogens with one attached hydrogen (secondary N) is 1. The lowest BCUT2D eigenvalue weighted by Crippen LogP contribution is -2.56. The Morgan fingerprint density at radius 2 is 2.38 bits per heavy atom. The van der Waals surface area contributed by atoms with Crippen molar-refractivity contribution in [2.24, 2.45) is 0 Å². The largest absolute Gasteiger partial charge is 0.340 e. The van der Waals surface area contributed by atoms with Crippen LogP contribution in [0.15, 0.2) is 28.7 Å². The van der Waals surface area contributed by atoms with Gasteiger partial charge in [0.15, 0.2) is 0 Å². The molecule has 1 saturated heterocycles. The molecule has 0 aliphatic carbocycles. The zero-order chi connectivity index (χ0) is 11.8. The maximum Gasteiger partial charge on any atom is 0.247 e. The Morgan fingerprint density at radius 1 is 1.62 bits per heavy atom.